The Kier molecular flexibility index (Phi) is 4.42. The molecule has 5 nitrogen and oxygen atoms in total. The molecule has 2 saturated heterocycles. The highest BCUT2D eigenvalue weighted by Crippen LogP contribution is 2.45. The van der Waals surface area contributed by atoms with Crippen LogP contribution >= 0.6 is 8.22 Å². The number of rotatable bonds is 3. The normalized spacial score (nSPS) is 21.7. The first-order chi connectivity index (χ1) is 10.9. The van der Waals surface area contributed by atoms with Gasteiger partial charge in [0.05, 0.1) is 34.7 Å². The van der Waals surface area contributed by atoms with Crippen molar-refractivity contribution >= 4 is 24.4 Å². The number of ether oxygens (including phenoxy) is 2. The van der Waals surface area contributed by atoms with E-state index in [0.717, 1.165) is 52.6 Å². The third kappa shape index (κ3) is 2.80. The molecule has 2 aromatic rings. The molecule has 0 aliphatic carbocycles. The van der Waals surface area contributed by atoms with Crippen LogP contribution < -0.4 is 5.30 Å². The van der Waals surface area contributed by atoms with Crippen molar-refractivity contribution in [3.05, 3.63) is 30.5 Å². The number of H-pyrrole nitrogens is 1. The Morgan fingerprint density at radius 2 is 1.45 bits per heavy atom. The van der Waals surface area contributed by atoms with Crippen LogP contribution in [0.5, 0.6) is 0 Å². The van der Waals surface area contributed by atoms with Crippen molar-refractivity contribution in [3.63, 3.8) is 0 Å². The van der Waals surface area contributed by atoms with Crippen LogP contribution in [0.15, 0.2) is 30.5 Å². The molecule has 0 radical (unpaired) electrons. The Hall–Kier alpha value is -0.970. The van der Waals surface area contributed by atoms with Crippen molar-refractivity contribution in [1.29, 1.82) is 0 Å². The van der Waals surface area contributed by atoms with E-state index in [2.05, 4.69) is 44.8 Å². The van der Waals surface area contributed by atoms with Crippen LogP contribution in [0.3, 0.4) is 0 Å². The number of fused-ring (bicyclic) bond motifs is 1. The zero-order valence-electron chi connectivity index (χ0n) is 12.7. The van der Waals surface area contributed by atoms with Gasteiger partial charge in [-0.1, -0.05) is 18.2 Å². The minimum atomic E-state index is -0.479. The predicted octanol–water partition coefficient (Wildman–Crippen LogP) is 1.77. The molecule has 0 unspecified atom stereocenters. The van der Waals surface area contributed by atoms with Gasteiger partial charge in [-0.3, -0.25) is 9.34 Å². The summed E-state index contributed by atoms with van der Waals surface area (Å²) in [5.74, 6) is 0. The minimum Gasteiger partial charge on any atom is -0.379 e. The number of nitrogens with one attached hydrogen (secondary N) is 1. The van der Waals surface area contributed by atoms with E-state index < -0.39 is 8.22 Å². The zero-order chi connectivity index (χ0) is 14.8. The Labute approximate surface area is 132 Å². The maximum absolute atomic E-state index is 5.56. The van der Waals surface area contributed by atoms with Crippen LogP contribution in [0.25, 0.3) is 10.9 Å². The number of benzene rings is 1. The van der Waals surface area contributed by atoms with Gasteiger partial charge in [0, 0.05) is 48.6 Å². The SMILES string of the molecule is c1ccc2c(P(N3CCOCC3)N3CCOCC3)c[nH]c2c1. The lowest BCUT2D eigenvalue weighted by Crippen LogP contribution is -2.43. The number of nitrogens with zero attached hydrogens (tertiary/aromatic N) is 2. The monoisotopic (exact) mass is 319 g/mol. The molecule has 2 aliphatic heterocycles. The number of aromatic nitrogens is 1. The van der Waals surface area contributed by atoms with Crippen molar-refractivity contribution in [3.8, 4) is 0 Å². The number of morpholine rings is 2. The van der Waals surface area contributed by atoms with E-state index in [1.54, 1.807) is 0 Å². The van der Waals surface area contributed by atoms with Crippen LogP contribution in [0.2, 0.25) is 0 Å². The quantitative estimate of drug-likeness (QED) is 0.876. The van der Waals surface area contributed by atoms with E-state index in [0.29, 0.717) is 0 Å². The topological polar surface area (TPSA) is 40.7 Å². The molecule has 1 N–H and O–H groups in total. The number of aromatic amines is 1. The van der Waals surface area contributed by atoms with Crippen molar-refractivity contribution in [2.75, 3.05) is 52.6 Å². The first-order valence-corrected chi connectivity index (χ1v) is 9.20. The summed E-state index contributed by atoms with van der Waals surface area (Å²) in [4.78, 5) is 3.45. The van der Waals surface area contributed by atoms with Crippen LogP contribution in [0.1, 0.15) is 0 Å². The molecule has 1 aromatic heterocycles. The average molecular weight is 319 g/mol. The van der Waals surface area contributed by atoms with Crippen LogP contribution in [0.4, 0.5) is 0 Å². The zero-order valence-corrected chi connectivity index (χ0v) is 13.6. The highest BCUT2D eigenvalue weighted by Gasteiger charge is 2.31. The van der Waals surface area contributed by atoms with Crippen molar-refractivity contribution < 1.29 is 9.47 Å². The fraction of sp³-hybridized carbons (Fsp3) is 0.500. The lowest BCUT2D eigenvalue weighted by molar-refractivity contribution is 0.0594. The van der Waals surface area contributed by atoms with Crippen molar-refractivity contribution in [2.24, 2.45) is 0 Å². The summed E-state index contributed by atoms with van der Waals surface area (Å²) in [7, 11) is -0.479. The molecule has 22 heavy (non-hydrogen) atoms. The largest absolute Gasteiger partial charge is 0.379 e. The first-order valence-electron chi connectivity index (χ1n) is 7.95. The van der Waals surface area contributed by atoms with Crippen LogP contribution in [-0.4, -0.2) is 66.9 Å². The Morgan fingerprint density at radius 1 is 0.864 bits per heavy atom. The van der Waals surface area contributed by atoms with Crippen LogP contribution in [-0.2, 0) is 9.47 Å². The van der Waals surface area contributed by atoms with Gasteiger partial charge in [-0.2, -0.15) is 0 Å². The highest BCUT2D eigenvalue weighted by atomic mass is 31.1. The van der Waals surface area contributed by atoms with E-state index in [-0.39, 0.29) is 0 Å². The van der Waals surface area contributed by atoms with Gasteiger partial charge in [0.15, 0.2) is 0 Å². The highest BCUT2D eigenvalue weighted by molar-refractivity contribution is 7.61. The van der Waals surface area contributed by atoms with E-state index in [1.165, 1.54) is 16.2 Å². The first kappa shape index (κ1) is 14.6. The van der Waals surface area contributed by atoms with Crippen molar-refractivity contribution in [2.45, 2.75) is 0 Å². The second-order valence-corrected chi connectivity index (χ2v) is 7.83. The number of hydrogen-bond donors (Lipinski definition) is 1. The third-order valence-corrected chi connectivity index (χ3v) is 6.97. The Balaban J connectivity index is 1.71. The molecular formula is C16H22N3O2P. The van der Waals surface area contributed by atoms with Crippen molar-refractivity contribution in [1.82, 2.24) is 14.3 Å². The summed E-state index contributed by atoms with van der Waals surface area (Å²) in [5.41, 5.74) is 1.23. The van der Waals surface area contributed by atoms with Gasteiger partial charge in [-0.05, 0) is 6.07 Å². The molecule has 0 saturated carbocycles. The van der Waals surface area contributed by atoms with Gasteiger partial charge in [-0.15, -0.1) is 0 Å². The molecule has 0 spiro atoms. The molecule has 1 aromatic carbocycles. The molecule has 4 rings (SSSR count). The fourth-order valence-corrected chi connectivity index (χ4v) is 5.83. The molecule has 6 heteroatoms. The summed E-state index contributed by atoms with van der Waals surface area (Å²) in [6, 6.07) is 8.61. The fourth-order valence-electron chi connectivity index (χ4n) is 3.19. The summed E-state index contributed by atoms with van der Waals surface area (Å²) in [6.45, 7) is 7.42. The molecule has 2 fully saturated rings. The lowest BCUT2D eigenvalue weighted by atomic mass is 10.2. The van der Waals surface area contributed by atoms with E-state index in [4.69, 9.17) is 9.47 Å². The predicted molar refractivity (Wildman–Crippen MR) is 89.6 cm³/mol. The maximum Gasteiger partial charge on any atom is 0.0749 e. The Morgan fingerprint density at radius 3 is 2.09 bits per heavy atom. The van der Waals surface area contributed by atoms with Gasteiger partial charge in [0.1, 0.15) is 0 Å². The van der Waals surface area contributed by atoms with Crippen LogP contribution in [0, 0.1) is 0 Å². The maximum atomic E-state index is 5.56. The number of hydrogen-bond acceptors (Lipinski definition) is 4. The Bertz CT molecular complexity index is 603. The molecule has 0 bridgehead atoms. The number of para-hydroxylation sites is 1. The van der Waals surface area contributed by atoms with Gasteiger partial charge in [0.2, 0.25) is 0 Å². The van der Waals surface area contributed by atoms with E-state index >= 15 is 0 Å². The standard InChI is InChI=1S/C16H22N3O2P/c1-2-4-15-14(3-1)16(13-17-15)22(18-5-9-20-10-6-18)19-7-11-21-12-8-19/h1-4,13,17H,5-12H2. The van der Waals surface area contributed by atoms with Gasteiger partial charge in [0.25, 0.3) is 0 Å². The molecule has 3 heterocycles. The molecule has 0 atom stereocenters. The molecular weight excluding hydrogens is 297 g/mol. The molecule has 0 amide bonds. The average Bonchev–Trinajstić information content (AvgIpc) is 3.01. The second kappa shape index (κ2) is 6.65. The molecule has 2 aliphatic rings. The van der Waals surface area contributed by atoms with Gasteiger partial charge >= 0.3 is 0 Å². The molecule has 118 valence electrons. The lowest BCUT2D eigenvalue weighted by Gasteiger charge is -2.42. The summed E-state index contributed by atoms with van der Waals surface area (Å²) in [5, 5.41) is 2.79. The summed E-state index contributed by atoms with van der Waals surface area (Å²) in [6.07, 6.45) is 2.21. The van der Waals surface area contributed by atoms with E-state index in [9.17, 15) is 0 Å². The second-order valence-electron chi connectivity index (χ2n) is 5.64. The smallest absolute Gasteiger partial charge is 0.0749 e. The minimum absolute atomic E-state index is 0.479. The van der Waals surface area contributed by atoms with Gasteiger partial charge < -0.3 is 14.5 Å². The van der Waals surface area contributed by atoms with E-state index in [1.807, 2.05) is 0 Å². The third-order valence-electron chi connectivity index (χ3n) is 4.29. The van der Waals surface area contributed by atoms with Gasteiger partial charge in [-0.25, -0.2) is 0 Å². The summed E-state index contributed by atoms with van der Waals surface area (Å²) >= 11 is 0. The summed E-state index contributed by atoms with van der Waals surface area (Å²) < 4.78 is 16.3.